The number of benzene rings is 1. The van der Waals surface area contributed by atoms with Crippen molar-refractivity contribution in [3.8, 4) is 5.75 Å². The zero-order valence-electron chi connectivity index (χ0n) is 11.6. The second-order valence-corrected chi connectivity index (χ2v) is 5.04. The molecule has 0 saturated carbocycles. The van der Waals surface area contributed by atoms with Gasteiger partial charge in [0, 0.05) is 6.04 Å². The summed E-state index contributed by atoms with van der Waals surface area (Å²) < 4.78 is 5.72. The molecule has 2 N–H and O–H groups in total. The highest BCUT2D eigenvalue weighted by atomic mass is 16.5. The molecular formula is C15H22N2O2. The average molecular weight is 262 g/mol. The maximum Gasteiger partial charge on any atom is 0.263 e. The van der Waals surface area contributed by atoms with Crippen molar-refractivity contribution in [2.75, 3.05) is 11.9 Å². The van der Waals surface area contributed by atoms with Crippen molar-refractivity contribution in [3.05, 3.63) is 24.3 Å². The van der Waals surface area contributed by atoms with Crippen LogP contribution in [0, 0.1) is 0 Å². The number of amides is 1. The molecule has 0 radical (unpaired) electrons. The van der Waals surface area contributed by atoms with Gasteiger partial charge in [-0.2, -0.15) is 0 Å². The number of fused-ring (bicyclic) bond motifs is 1. The molecule has 4 heteroatoms. The minimum atomic E-state index is -0.445. The molecule has 0 aromatic heterocycles. The van der Waals surface area contributed by atoms with Gasteiger partial charge in [0.2, 0.25) is 0 Å². The molecule has 19 heavy (non-hydrogen) atoms. The molecular weight excluding hydrogens is 240 g/mol. The first-order valence-corrected chi connectivity index (χ1v) is 7.00. The van der Waals surface area contributed by atoms with Gasteiger partial charge in [-0.1, -0.05) is 31.9 Å². The Labute approximate surface area is 114 Å². The number of para-hydroxylation sites is 2. The van der Waals surface area contributed by atoms with Gasteiger partial charge in [-0.15, -0.1) is 0 Å². The monoisotopic (exact) mass is 262 g/mol. The molecule has 0 saturated heterocycles. The first-order valence-electron chi connectivity index (χ1n) is 7.00. The number of nitrogens with one attached hydrogen (secondary N) is 2. The van der Waals surface area contributed by atoms with Crippen molar-refractivity contribution in [2.45, 2.75) is 45.3 Å². The molecule has 0 fully saturated rings. The quantitative estimate of drug-likeness (QED) is 0.857. The molecule has 4 nitrogen and oxygen atoms in total. The molecule has 0 bridgehead atoms. The van der Waals surface area contributed by atoms with Crippen LogP contribution in [0.15, 0.2) is 24.3 Å². The Hall–Kier alpha value is -1.71. The van der Waals surface area contributed by atoms with Crippen LogP contribution in [-0.2, 0) is 4.79 Å². The molecule has 1 aliphatic heterocycles. The zero-order valence-corrected chi connectivity index (χ0v) is 11.6. The number of ether oxygens (including phenoxy) is 1. The number of anilines is 1. The van der Waals surface area contributed by atoms with E-state index in [9.17, 15) is 4.79 Å². The SMILES string of the molecule is CCCCC(C)NC(=O)C1CNc2ccccc2O1. The summed E-state index contributed by atoms with van der Waals surface area (Å²) in [5.41, 5.74) is 0.950. The summed E-state index contributed by atoms with van der Waals surface area (Å²) in [6, 6.07) is 7.89. The normalized spacial score (nSPS) is 18.7. The number of rotatable bonds is 5. The summed E-state index contributed by atoms with van der Waals surface area (Å²) in [5.74, 6) is 0.709. The Morgan fingerprint density at radius 1 is 1.53 bits per heavy atom. The van der Waals surface area contributed by atoms with Gasteiger partial charge in [0.05, 0.1) is 12.2 Å². The van der Waals surface area contributed by atoms with Crippen LogP contribution in [0.3, 0.4) is 0 Å². The second-order valence-electron chi connectivity index (χ2n) is 5.04. The summed E-state index contributed by atoms with van der Waals surface area (Å²) in [5, 5.41) is 6.24. The van der Waals surface area contributed by atoms with Gasteiger partial charge in [-0.25, -0.2) is 0 Å². The van der Waals surface area contributed by atoms with Crippen molar-refractivity contribution < 1.29 is 9.53 Å². The molecule has 1 heterocycles. The van der Waals surface area contributed by atoms with Gasteiger partial charge < -0.3 is 15.4 Å². The largest absolute Gasteiger partial charge is 0.477 e. The fraction of sp³-hybridized carbons (Fsp3) is 0.533. The third-order valence-corrected chi connectivity index (χ3v) is 3.31. The van der Waals surface area contributed by atoms with Crippen LogP contribution in [0.2, 0.25) is 0 Å². The molecule has 1 aliphatic rings. The fourth-order valence-corrected chi connectivity index (χ4v) is 2.18. The first-order chi connectivity index (χ1) is 9.20. The van der Waals surface area contributed by atoms with E-state index in [2.05, 4.69) is 17.6 Å². The van der Waals surface area contributed by atoms with Crippen molar-refractivity contribution in [1.29, 1.82) is 0 Å². The maximum absolute atomic E-state index is 12.1. The van der Waals surface area contributed by atoms with Crippen molar-refractivity contribution in [1.82, 2.24) is 5.32 Å². The van der Waals surface area contributed by atoms with Gasteiger partial charge in [0.1, 0.15) is 5.75 Å². The van der Waals surface area contributed by atoms with E-state index in [1.54, 1.807) is 0 Å². The average Bonchev–Trinajstić information content (AvgIpc) is 2.44. The molecule has 1 aromatic rings. The highest BCUT2D eigenvalue weighted by Crippen LogP contribution is 2.28. The van der Waals surface area contributed by atoms with E-state index in [4.69, 9.17) is 4.74 Å². The lowest BCUT2D eigenvalue weighted by molar-refractivity contribution is -0.128. The number of hydrogen-bond acceptors (Lipinski definition) is 3. The smallest absolute Gasteiger partial charge is 0.263 e. The summed E-state index contributed by atoms with van der Waals surface area (Å²) >= 11 is 0. The van der Waals surface area contributed by atoms with Crippen LogP contribution < -0.4 is 15.4 Å². The highest BCUT2D eigenvalue weighted by Gasteiger charge is 2.26. The van der Waals surface area contributed by atoms with Crippen molar-refractivity contribution in [3.63, 3.8) is 0 Å². The van der Waals surface area contributed by atoms with E-state index in [0.717, 1.165) is 30.7 Å². The van der Waals surface area contributed by atoms with Crippen molar-refractivity contribution >= 4 is 11.6 Å². The van der Waals surface area contributed by atoms with Gasteiger partial charge in [0.25, 0.3) is 5.91 Å². The van der Waals surface area contributed by atoms with E-state index in [1.807, 2.05) is 31.2 Å². The highest BCUT2D eigenvalue weighted by molar-refractivity contribution is 5.83. The van der Waals surface area contributed by atoms with Crippen LogP contribution in [0.25, 0.3) is 0 Å². The molecule has 2 unspecified atom stereocenters. The Kier molecular flexibility index (Phi) is 4.66. The van der Waals surface area contributed by atoms with E-state index in [1.165, 1.54) is 0 Å². The van der Waals surface area contributed by atoms with Gasteiger partial charge in [-0.3, -0.25) is 4.79 Å². The van der Waals surface area contributed by atoms with E-state index in [0.29, 0.717) is 6.54 Å². The predicted molar refractivity (Wildman–Crippen MR) is 76.5 cm³/mol. The van der Waals surface area contributed by atoms with E-state index >= 15 is 0 Å². The zero-order chi connectivity index (χ0) is 13.7. The minimum absolute atomic E-state index is 0.0365. The molecule has 1 amide bonds. The number of hydrogen-bond donors (Lipinski definition) is 2. The van der Waals surface area contributed by atoms with Gasteiger partial charge in [0.15, 0.2) is 6.10 Å². The number of carbonyl (C=O) groups is 1. The second kappa shape index (κ2) is 6.45. The standard InChI is InChI=1S/C15H22N2O2/c1-3-4-7-11(2)17-15(18)14-10-16-12-8-5-6-9-13(12)19-14/h5-6,8-9,11,14,16H,3-4,7,10H2,1-2H3,(H,17,18). The van der Waals surface area contributed by atoms with Crippen LogP contribution in [0.1, 0.15) is 33.1 Å². The molecule has 1 aromatic carbocycles. The third-order valence-electron chi connectivity index (χ3n) is 3.31. The number of carbonyl (C=O) groups excluding carboxylic acids is 1. The lowest BCUT2D eigenvalue weighted by atomic mass is 10.1. The molecule has 0 spiro atoms. The number of unbranched alkanes of at least 4 members (excludes halogenated alkanes) is 1. The summed E-state index contributed by atoms with van der Waals surface area (Å²) in [4.78, 5) is 12.1. The van der Waals surface area contributed by atoms with Gasteiger partial charge >= 0.3 is 0 Å². The van der Waals surface area contributed by atoms with Crippen LogP contribution >= 0.6 is 0 Å². The molecule has 0 aliphatic carbocycles. The lowest BCUT2D eigenvalue weighted by Gasteiger charge is -2.27. The summed E-state index contributed by atoms with van der Waals surface area (Å²) in [7, 11) is 0. The fourth-order valence-electron chi connectivity index (χ4n) is 2.18. The Morgan fingerprint density at radius 2 is 2.32 bits per heavy atom. The third kappa shape index (κ3) is 3.63. The lowest BCUT2D eigenvalue weighted by Crippen LogP contribution is -2.47. The van der Waals surface area contributed by atoms with Crippen LogP contribution in [-0.4, -0.2) is 24.6 Å². The van der Waals surface area contributed by atoms with Crippen LogP contribution in [0.4, 0.5) is 5.69 Å². The summed E-state index contributed by atoms with van der Waals surface area (Å²) in [6.07, 6.45) is 2.85. The molecule has 104 valence electrons. The Morgan fingerprint density at radius 3 is 3.11 bits per heavy atom. The van der Waals surface area contributed by atoms with E-state index < -0.39 is 6.10 Å². The van der Waals surface area contributed by atoms with Crippen LogP contribution in [0.5, 0.6) is 5.75 Å². The van der Waals surface area contributed by atoms with E-state index in [-0.39, 0.29) is 11.9 Å². The predicted octanol–water partition coefficient (Wildman–Crippen LogP) is 2.55. The minimum Gasteiger partial charge on any atom is -0.477 e. The topological polar surface area (TPSA) is 50.4 Å². The maximum atomic E-state index is 12.1. The Bertz CT molecular complexity index is 434. The first kappa shape index (κ1) is 13.7. The van der Waals surface area contributed by atoms with Crippen molar-refractivity contribution in [2.24, 2.45) is 0 Å². The molecule has 2 rings (SSSR count). The Balaban J connectivity index is 1.88. The summed E-state index contributed by atoms with van der Waals surface area (Å²) in [6.45, 7) is 4.71. The van der Waals surface area contributed by atoms with Gasteiger partial charge in [-0.05, 0) is 25.5 Å². The molecule has 2 atom stereocenters.